The Kier molecular flexibility index (Phi) is 6.11. The summed E-state index contributed by atoms with van der Waals surface area (Å²) >= 11 is 1.62. The van der Waals surface area contributed by atoms with E-state index < -0.39 is 12.1 Å². The van der Waals surface area contributed by atoms with Gasteiger partial charge in [0, 0.05) is 14.1 Å². The molecule has 0 spiro atoms. The van der Waals surface area contributed by atoms with Gasteiger partial charge in [0.1, 0.15) is 6.04 Å². The van der Waals surface area contributed by atoms with Crippen LogP contribution in [-0.2, 0) is 4.79 Å². The Morgan fingerprint density at radius 2 is 2.07 bits per heavy atom. The minimum absolute atomic E-state index is 0.127. The van der Waals surface area contributed by atoms with Gasteiger partial charge < -0.3 is 16.0 Å². The minimum atomic E-state index is -0.661. The van der Waals surface area contributed by atoms with Crippen molar-refractivity contribution in [2.75, 3.05) is 26.1 Å². The summed E-state index contributed by atoms with van der Waals surface area (Å²) in [7, 11) is 3.30. The van der Waals surface area contributed by atoms with Crippen molar-refractivity contribution in [1.29, 1.82) is 0 Å². The van der Waals surface area contributed by atoms with Crippen molar-refractivity contribution in [3.63, 3.8) is 0 Å². The summed E-state index contributed by atoms with van der Waals surface area (Å²) in [6, 6.07) is -1.17. The molecule has 0 heterocycles. The van der Waals surface area contributed by atoms with E-state index in [1.54, 1.807) is 25.9 Å². The van der Waals surface area contributed by atoms with Crippen LogP contribution in [0.5, 0.6) is 0 Å². The van der Waals surface area contributed by atoms with E-state index in [2.05, 4.69) is 5.32 Å². The van der Waals surface area contributed by atoms with Crippen molar-refractivity contribution in [3.05, 3.63) is 0 Å². The number of likely N-dealkylation sites (N-methyl/N-ethyl adjacent to an activating group) is 1. The van der Waals surface area contributed by atoms with Gasteiger partial charge in [0.15, 0.2) is 0 Å². The van der Waals surface area contributed by atoms with Gasteiger partial charge in [0.25, 0.3) is 0 Å². The van der Waals surface area contributed by atoms with E-state index in [1.165, 1.54) is 4.90 Å². The van der Waals surface area contributed by atoms with Crippen LogP contribution < -0.4 is 11.1 Å². The molecular formula is C8H17N3O2S. The zero-order chi connectivity index (χ0) is 11.1. The molecule has 0 aliphatic rings. The Balaban J connectivity index is 4.22. The maximum Gasteiger partial charge on any atom is 0.312 e. The van der Waals surface area contributed by atoms with Gasteiger partial charge in [0.2, 0.25) is 5.91 Å². The third-order valence-corrected chi connectivity index (χ3v) is 2.31. The second-order valence-electron chi connectivity index (χ2n) is 3.08. The fraction of sp³-hybridized carbons (Fsp3) is 0.750. The zero-order valence-electron chi connectivity index (χ0n) is 8.74. The van der Waals surface area contributed by atoms with E-state index in [9.17, 15) is 9.59 Å². The smallest absolute Gasteiger partial charge is 0.312 e. The number of carbonyl (C=O) groups excluding carboxylic acids is 2. The number of urea groups is 1. The van der Waals surface area contributed by atoms with Crippen LogP contribution in [0.2, 0.25) is 0 Å². The number of amides is 3. The van der Waals surface area contributed by atoms with E-state index >= 15 is 0 Å². The molecule has 0 rings (SSSR count). The predicted molar refractivity (Wildman–Crippen MR) is 58.2 cm³/mol. The maximum absolute atomic E-state index is 11.5. The molecule has 0 saturated heterocycles. The number of hydrogen-bond acceptors (Lipinski definition) is 3. The molecule has 0 saturated carbocycles. The second kappa shape index (κ2) is 6.53. The minimum Gasteiger partial charge on any atom is -0.352 e. The number of thioether (sulfide) groups is 1. The number of nitrogens with two attached hydrogens (primary N) is 1. The second-order valence-corrected chi connectivity index (χ2v) is 4.06. The first-order valence-corrected chi connectivity index (χ1v) is 5.64. The van der Waals surface area contributed by atoms with Crippen molar-refractivity contribution in [2.24, 2.45) is 5.73 Å². The van der Waals surface area contributed by atoms with E-state index in [4.69, 9.17) is 5.73 Å². The van der Waals surface area contributed by atoms with Gasteiger partial charge in [0.05, 0.1) is 0 Å². The molecule has 0 aliphatic heterocycles. The SMILES string of the molecule is CSCCC(NC(N)=O)C(=O)N(C)C. The van der Waals surface area contributed by atoms with Gasteiger partial charge >= 0.3 is 6.03 Å². The molecule has 0 bridgehead atoms. The summed E-state index contributed by atoms with van der Waals surface area (Å²) in [5, 5.41) is 2.43. The highest BCUT2D eigenvalue weighted by molar-refractivity contribution is 7.98. The lowest BCUT2D eigenvalue weighted by Crippen LogP contribution is -2.48. The summed E-state index contributed by atoms with van der Waals surface area (Å²) in [4.78, 5) is 23.6. The standard InChI is InChI=1S/C8H17N3O2S/c1-11(2)7(12)6(4-5-14-3)10-8(9)13/h6H,4-5H2,1-3H3,(H3,9,10,13). The molecule has 3 N–H and O–H groups in total. The van der Waals surface area contributed by atoms with Crippen LogP contribution in [-0.4, -0.2) is 49.0 Å². The van der Waals surface area contributed by atoms with Crippen LogP contribution in [0.25, 0.3) is 0 Å². The monoisotopic (exact) mass is 219 g/mol. The van der Waals surface area contributed by atoms with Gasteiger partial charge in [-0.05, 0) is 18.4 Å². The van der Waals surface area contributed by atoms with Gasteiger partial charge in [-0.1, -0.05) is 0 Å². The van der Waals surface area contributed by atoms with Crippen molar-refractivity contribution in [2.45, 2.75) is 12.5 Å². The van der Waals surface area contributed by atoms with Crippen LogP contribution in [0.1, 0.15) is 6.42 Å². The van der Waals surface area contributed by atoms with Gasteiger partial charge in [-0.3, -0.25) is 4.79 Å². The third kappa shape index (κ3) is 4.96. The molecule has 6 heteroatoms. The lowest BCUT2D eigenvalue weighted by atomic mass is 10.2. The fourth-order valence-corrected chi connectivity index (χ4v) is 1.45. The quantitative estimate of drug-likeness (QED) is 0.676. The first-order chi connectivity index (χ1) is 6.49. The fourth-order valence-electron chi connectivity index (χ4n) is 0.976. The molecule has 0 fully saturated rings. The maximum atomic E-state index is 11.5. The Labute approximate surface area is 88.4 Å². The van der Waals surface area contributed by atoms with Crippen LogP contribution in [0.3, 0.4) is 0 Å². The molecule has 82 valence electrons. The van der Waals surface area contributed by atoms with E-state index in [1.807, 2.05) is 6.26 Å². The first-order valence-electron chi connectivity index (χ1n) is 4.25. The molecule has 0 aliphatic carbocycles. The van der Waals surface area contributed by atoms with E-state index in [0.29, 0.717) is 6.42 Å². The first kappa shape index (κ1) is 13.1. The number of hydrogen-bond donors (Lipinski definition) is 2. The number of primary amides is 1. The molecule has 0 aromatic rings. The molecular weight excluding hydrogens is 202 g/mol. The Hall–Kier alpha value is -0.910. The Morgan fingerprint density at radius 3 is 2.43 bits per heavy atom. The van der Waals surface area contributed by atoms with Crippen molar-refractivity contribution in [3.8, 4) is 0 Å². The highest BCUT2D eigenvalue weighted by atomic mass is 32.2. The van der Waals surface area contributed by atoms with Gasteiger partial charge in [-0.15, -0.1) is 0 Å². The number of carbonyl (C=O) groups is 2. The molecule has 5 nitrogen and oxygen atoms in total. The average Bonchev–Trinajstić information content (AvgIpc) is 2.10. The Bertz CT molecular complexity index is 209. The summed E-state index contributed by atoms with van der Waals surface area (Å²) in [6.45, 7) is 0. The number of nitrogens with zero attached hydrogens (tertiary/aromatic N) is 1. The summed E-state index contributed by atoms with van der Waals surface area (Å²) < 4.78 is 0. The summed E-state index contributed by atoms with van der Waals surface area (Å²) in [6.07, 6.45) is 2.54. The van der Waals surface area contributed by atoms with Crippen LogP contribution in [0.4, 0.5) is 4.79 Å². The topological polar surface area (TPSA) is 75.4 Å². The lowest BCUT2D eigenvalue weighted by Gasteiger charge is -2.20. The molecule has 1 atom stereocenters. The molecule has 3 amide bonds. The lowest BCUT2D eigenvalue weighted by molar-refractivity contribution is -0.130. The predicted octanol–water partition coefficient (Wildman–Crippen LogP) is -0.135. The highest BCUT2D eigenvalue weighted by Gasteiger charge is 2.20. The zero-order valence-corrected chi connectivity index (χ0v) is 9.56. The van der Waals surface area contributed by atoms with Crippen LogP contribution >= 0.6 is 11.8 Å². The average molecular weight is 219 g/mol. The number of rotatable bonds is 5. The normalized spacial score (nSPS) is 11.9. The molecule has 1 unspecified atom stereocenters. The Morgan fingerprint density at radius 1 is 1.50 bits per heavy atom. The summed E-state index contributed by atoms with van der Waals surface area (Å²) in [5.41, 5.74) is 4.98. The molecule has 0 aromatic carbocycles. The third-order valence-electron chi connectivity index (χ3n) is 1.67. The van der Waals surface area contributed by atoms with Crippen molar-refractivity contribution < 1.29 is 9.59 Å². The van der Waals surface area contributed by atoms with Crippen LogP contribution in [0, 0.1) is 0 Å². The molecule has 0 aromatic heterocycles. The number of nitrogens with one attached hydrogen (secondary N) is 1. The van der Waals surface area contributed by atoms with Gasteiger partial charge in [-0.25, -0.2) is 4.79 Å². The largest absolute Gasteiger partial charge is 0.352 e. The van der Waals surface area contributed by atoms with Crippen molar-refractivity contribution >= 4 is 23.7 Å². The van der Waals surface area contributed by atoms with E-state index in [0.717, 1.165) is 5.75 Å². The summed E-state index contributed by atoms with van der Waals surface area (Å²) in [5.74, 6) is 0.683. The van der Waals surface area contributed by atoms with E-state index in [-0.39, 0.29) is 5.91 Å². The highest BCUT2D eigenvalue weighted by Crippen LogP contribution is 2.02. The van der Waals surface area contributed by atoms with Crippen molar-refractivity contribution in [1.82, 2.24) is 10.2 Å². The van der Waals surface area contributed by atoms with Gasteiger partial charge in [-0.2, -0.15) is 11.8 Å². The van der Waals surface area contributed by atoms with Crippen LogP contribution in [0.15, 0.2) is 0 Å². The molecule has 14 heavy (non-hydrogen) atoms. The molecule has 0 radical (unpaired) electrons.